The molecule has 1 unspecified atom stereocenters. The fourth-order valence-electron chi connectivity index (χ4n) is 4.32. The lowest BCUT2D eigenvalue weighted by atomic mass is 9.95. The minimum absolute atomic E-state index is 0.128. The Hall–Kier alpha value is -3.36. The molecule has 1 atom stereocenters. The van der Waals surface area contributed by atoms with E-state index in [1.807, 2.05) is 25.1 Å². The number of H-pyrrole nitrogens is 2. The van der Waals surface area contributed by atoms with Gasteiger partial charge in [0.05, 0.1) is 18.3 Å². The lowest BCUT2D eigenvalue weighted by Crippen LogP contribution is -2.35. The van der Waals surface area contributed by atoms with Gasteiger partial charge in [-0.3, -0.25) is 14.3 Å². The maximum atomic E-state index is 12.9. The number of fused-ring (bicyclic) bond motifs is 3. The first-order chi connectivity index (χ1) is 15.1. The van der Waals surface area contributed by atoms with Gasteiger partial charge >= 0.3 is 0 Å². The van der Waals surface area contributed by atoms with Crippen molar-refractivity contribution in [3.05, 3.63) is 80.5 Å². The minimum Gasteiger partial charge on any atom is -0.494 e. The maximum Gasteiger partial charge on any atom is 0.260 e. The van der Waals surface area contributed by atoms with Crippen molar-refractivity contribution in [2.75, 3.05) is 13.2 Å². The van der Waals surface area contributed by atoms with Crippen LogP contribution in [0.4, 0.5) is 0 Å². The van der Waals surface area contributed by atoms with Crippen molar-refractivity contribution in [3.63, 3.8) is 0 Å². The number of nitrogens with one attached hydrogen (secondary N) is 3. The molecule has 0 fully saturated rings. The average Bonchev–Trinajstić information content (AvgIpc) is 3.14. The first-order valence-corrected chi connectivity index (χ1v) is 10.6. The van der Waals surface area contributed by atoms with E-state index in [0.717, 1.165) is 34.3 Å². The van der Waals surface area contributed by atoms with E-state index in [1.165, 1.54) is 4.57 Å². The van der Waals surface area contributed by atoms with Crippen LogP contribution in [-0.4, -0.2) is 32.8 Å². The highest BCUT2D eigenvalue weighted by molar-refractivity contribution is 7.71. The third-order valence-corrected chi connectivity index (χ3v) is 5.96. The Kier molecular flexibility index (Phi) is 4.88. The first-order valence-electron chi connectivity index (χ1n) is 10.2. The van der Waals surface area contributed by atoms with Crippen molar-refractivity contribution in [2.45, 2.75) is 19.4 Å². The van der Waals surface area contributed by atoms with E-state index in [9.17, 15) is 9.90 Å². The summed E-state index contributed by atoms with van der Waals surface area (Å²) >= 11 is 5.37. The molecule has 4 aromatic rings. The number of ether oxygens (including phenoxy) is 1. The van der Waals surface area contributed by atoms with Gasteiger partial charge < -0.3 is 20.1 Å². The molecular formula is C23H22N4O3S. The highest BCUT2D eigenvalue weighted by Gasteiger charge is 2.30. The third kappa shape index (κ3) is 3.24. The first kappa shape index (κ1) is 19.6. The summed E-state index contributed by atoms with van der Waals surface area (Å²) in [6, 6.07) is 14.8. The summed E-state index contributed by atoms with van der Waals surface area (Å²) in [5.41, 5.74) is 3.52. The molecule has 0 aliphatic carbocycles. The second-order valence-corrected chi connectivity index (χ2v) is 7.85. The number of hydrogen-bond acceptors (Lipinski definition) is 5. The Morgan fingerprint density at radius 2 is 1.94 bits per heavy atom. The molecular weight excluding hydrogens is 412 g/mol. The summed E-state index contributed by atoms with van der Waals surface area (Å²) in [6.45, 7) is 3.17. The largest absolute Gasteiger partial charge is 0.494 e. The van der Waals surface area contributed by atoms with E-state index in [4.69, 9.17) is 17.0 Å². The fourth-order valence-corrected chi connectivity index (χ4v) is 4.61. The van der Waals surface area contributed by atoms with Crippen LogP contribution in [0, 0.1) is 4.77 Å². The van der Waals surface area contributed by atoms with Crippen molar-refractivity contribution >= 4 is 23.1 Å². The lowest BCUT2D eigenvalue weighted by molar-refractivity contribution is 0.340. The number of nitrogens with zero attached hydrogens (tertiary/aromatic N) is 1. The molecule has 31 heavy (non-hydrogen) atoms. The molecule has 7 nitrogen and oxygen atoms in total. The molecule has 2 aromatic carbocycles. The number of aromatic hydroxyl groups is 1. The normalized spacial score (nSPS) is 15.7. The standard InChI is InChI=1S/C23H22N4O3S/c1-2-30-14-9-7-13(8-10-14)27-22(29)18(21(28)26-23(27)31)20-19-16(11-12-24-20)15-5-3-4-6-17(15)25-19/h3-10,20,24-25,29H,2,11-12H2,1H3,(H,26,28,31). The number of aromatic amines is 2. The van der Waals surface area contributed by atoms with Gasteiger partial charge in [-0.25, -0.2) is 0 Å². The summed E-state index contributed by atoms with van der Waals surface area (Å²) in [6.07, 6.45) is 0.840. The Balaban J connectivity index is 1.67. The van der Waals surface area contributed by atoms with Crippen molar-refractivity contribution in [3.8, 4) is 17.3 Å². The second-order valence-electron chi connectivity index (χ2n) is 7.46. The van der Waals surface area contributed by atoms with Crippen LogP contribution in [0.15, 0.2) is 53.3 Å². The Bertz CT molecular complexity index is 1380. The molecule has 0 bridgehead atoms. The van der Waals surface area contributed by atoms with Gasteiger partial charge in [0.1, 0.15) is 11.3 Å². The smallest absolute Gasteiger partial charge is 0.260 e. The molecule has 2 aromatic heterocycles. The third-order valence-electron chi connectivity index (χ3n) is 5.67. The van der Waals surface area contributed by atoms with Crippen LogP contribution in [0.2, 0.25) is 0 Å². The molecule has 0 saturated heterocycles. The van der Waals surface area contributed by atoms with Crippen LogP contribution >= 0.6 is 12.2 Å². The number of benzene rings is 2. The second kappa shape index (κ2) is 7.72. The summed E-state index contributed by atoms with van der Waals surface area (Å²) in [7, 11) is 0. The van der Waals surface area contributed by atoms with Crippen molar-refractivity contribution in [2.24, 2.45) is 0 Å². The highest BCUT2D eigenvalue weighted by Crippen LogP contribution is 2.35. The molecule has 0 spiro atoms. The van der Waals surface area contributed by atoms with Gasteiger partial charge in [0.2, 0.25) is 5.88 Å². The molecule has 8 heteroatoms. The number of para-hydroxylation sites is 1. The van der Waals surface area contributed by atoms with Gasteiger partial charge in [-0.05, 0) is 61.5 Å². The van der Waals surface area contributed by atoms with Gasteiger partial charge in [0.15, 0.2) is 4.77 Å². The predicted molar refractivity (Wildman–Crippen MR) is 122 cm³/mol. The van der Waals surface area contributed by atoms with E-state index in [-0.39, 0.29) is 16.2 Å². The molecule has 0 amide bonds. The quantitative estimate of drug-likeness (QED) is 0.367. The SMILES string of the molecule is CCOc1ccc(-n2c(O)c(C3NCCc4c3[nH]c3ccccc43)c(=O)[nH]c2=S)cc1. The molecule has 5 rings (SSSR count). The number of aromatic nitrogens is 3. The summed E-state index contributed by atoms with van der Waals surface area (Å²) < 4.78 is 7.09. The maximum absolute atomic E-state index is 12.9. The van der Waals surface area contributed by atoms with Gasteiger partial charge in [0, 0.05) is 23.1 Å². The van der Waals surface area contributed by atoms with Gasteiger partial charge in [-0.2, -0.15) is 0 Å². The fraction of sp³-hybridized carbons (Fsp3) is 0.217. The van der Waals surface area contributed by atoms with Crippen molar-refractivity contribution in [1.82, 2.24) is 19.9 Å². The van der Waals surface area contributed by atoms with E-state index in [1.54, 1.807) is 24.3 Å². The number of rotatable bonds is 4. The van der Waals surface area contributed by atoms with E-state index in [2.05, 4.69) is 21.4 Å². The Morgan fingerprint density at radius 1 is 1.16 bits per heavy atom. The number of hydrogen-bond donors (Lipinski definition) is 4. The average molecular weight is 435 g/mol. The van der Waals surface area contributed by atoms with Crippen LogP contribution < -0.4 is 15.6 Å². The topological polar surface area (TPSA) is 95.1 Å². The summed E-state index contributed by atoms with van der Waals surface area (Å²) in [5.74, 6) is 0.542. The summed E-state index contributed by atoms with van der Waals surface area (Å²) in [4.78, 5) is 19.1. The monoisotopic (exact) mass is 434 g/mol. The van der Waals surface area contributed by atoms with Crippen LogP contribution in [-0.2, 0) is 6.42 Å². The molecule has 1 aliphatic heterocycles. The Labute approximate surface area is 183 Å². The summed E-state index contributed by atoms with van der Waals surface area (Å²) in [5, 5.41) is 15.7. The van der Waals surface area contributed by atoms with Gasteiger partial charge in [0.25, 0.3) is 5.56 Å². The van der Waals surface area contributed by atoms with Crippen molar-refractivity contribution in [1.29, 1.82) is 0 Å². The van der Waals surface area contributed by atoms with Crippen LogP contribution in [0.1, 0.15) is 29.8 Å². The molecule has 0 radical (unpaired) electrons. The van der Waals surface area contributed by atoms with Crippen LogP contribution in [0.5, 0.6) is 11.6 Å². The zero-order valence-electron chi connectivity index (χ0n) is 16.9. The van der Waals surface area contributed by atoms with E-state index >= 15 is 0 Å². The zero-order valence-corrected chi connectivity index (χ0v) is 17.8. The minimum atomic E-state index is -0.482. The van der Waals surface area contributed by atoms with Crippen molar-refractivity contribution < 1.29 is 9.84 Å². The lowest BCUT2D eigenvalue weighted by Gasteiger charge is -2.25. The Morgan fingerprint density at radius 3 is 2.71 bits per heavy atom. The molecule has 0 saturated carbocycles. The van der Waals surface area contributed by atoms with Gasteiger partial charge in [-0.1, -0.05) is 18.2 Å². The molecule has 4 N–H and O–H groups in total. The predicted octanol–water partition coefficient (Wildman–Crippen LogP) is 3.72. The van der Waals surface area contributed by atoms with E-state index < -0.39 is 11.6 Å². The van der Waals surface area contributed by atoms with Crippen LogP contribution in [0.25, 0.3) is 16.6 Å². The molecule has 158 valence electrons. The van der Waals surface area contributed by atoms with Crippen LogP contribution in [0.3, 0.4) is 0 Å². The van der Waals surface area contributed by atoms with Gasteiger partial charge in [-0.15, -0.1) is 0 Å². The zero-order chi connectivity index (χ0) is 21.5. The van der Waals surface area contributed by atoms with E-state index in [0.29, 0.717) is 18.8 Å². The molecule has 3 heterocycles. The highest BCUT2D eigenvalue weighted by atomic mass is 32.1. The molecule has 1 aliphatic rings.